The molecule has 0 radical (unpaired) electrons. The summed E-state index contributed by atoms with van der Waals surface area (Å²) in [6, 6.07) is 7.66. The lowest BCUT2D eigenvalue weighted by Crippen LogP contribution is -2.38. The van der Waals surface area contributed by atoms with E-state index in [1.807, 2.05) is 24.3 Å². The Kier molecular flexibility index (Phi) is 4.84. The molecular formula is C14H21NO3. The Morgan fingerprint density at radius 3 is 2.78 bits per heavy atom. The van der Waals surface area contributed by atoms with Gasteiger partial charge in [-0.15, -0.1) is 0 Å². The van der Waals surface area contributed by atoms with Crippen LogP contribution in [-0.2, 0) is 4.74 Å². The maximum atomic E-state index is 6.16. The molecule has 1 aliphatic heterocycles. The Labute approximate surface area is 108 Å². The Hall–Kier alpha value is -1.26. The van der Waals surface area contributed by atoms with Crippen LogP contribution in [0.1, 0.15) is 12.8 Å². The lowest BCUT2D eigenvalue weighted by Gasteiger charge is -2.27. The molecule has 0 saturated carbocycles. The molecule has 1 aromatic rings. The van der Waals surface area contributed by atoms with Crippen molar-refractivity contribution < 1.29 is 14.2 Å². The summed E-state index contributed by atoms with van der Waals surface area (Å²) in [6.07, 6.45) is 2.06. The van der Waals surface area contributed by atoms with Crippen molar-refractivity contribution in [2.75, 3.05) is 26.9 Å². The van der Waals surface area contributed by atoms with Gasteiger partial charge in [-0.05, 0) is 30.9 Å². The summed E-state index contributed by atoms with van der Waals surface area (Å²) < 4.78 is 16.2. The van der Waals surface area contributed by atoms with E-state index in [0.29, 0.717) is 12.5 Å². The number of rotatable bonds is 5. The van der Waals surface area contributed by atoms with Crippen LogP contribution in [0.2, 0.25) is 0 Å². The maximum Gasteiger partial charge on any atom is 0.123 e. The molecule has 0 aromatic heterocycles. The van der Waals surface area contributed by atoms with Crippen LogP contribution in [0.5, 0.6) is 11.5 Å². The summed E-state index contributed by atoms with van der Waals surface area (Å²) in [6.45, 7) is 2.17. The van der Waals surface area contributed by atoms with E-state index in [-0.39, 0.29) is 6.04 Å². The zero-order chi connectivity index (χ0) is 12.8. The van der Waals surface area contributed by atoms with E-state index in [1.165, 1.54) is 0 Å². The van der Waals surface area contributed by atoms with Gasteiger partial charge in [0.25, 0.3) is 0 Å². The normalized spacial score (nSPS) is 18.3. The summed E-state index contributed by atoms with van der Waals surface area (Å²) in [4.78, 5) is 0. The van der Waals surface area contributed by atoms with Crippen LogP contribution in [0, 0.1) is 5.92 Å². The smallest absolute Gasteiger partial charge is 0.123 e. The number of hydrogen-bond acceptors (Lipinski definition) is 4. The molecular weight excluding hydrogens is 230 g/mol. The SMILES string of the molecule is COc1cccc(OCC(N)C2CCOCC2)c1. The van der Waals surface area contributed by atoms with Crippen molar-refractivity contribution in [2.45, 2.75) is 18.9 Å². The van der Waals surface area contributed by atoms with Gasteiger partial charge in [0.2, 0.25) is 0 Å². The van der Waals surface area contributed by atoms with Crippen LogP contribution >= 0.6 is 0 Å². The highest BCUT2D eigenvalue weighted by Crippen LogP contribution is 2.21. The standard InChI is InChI=1S/C14H21NO3/c1-16-12-3-2-4-13(9-12)18-10-14(15)11-5-7-17-8-6-11/h2-4,9,11,14H,5-8,10,15H2,1H3. The molecule has 0 spiro atoms. The molecule has 0 bridgehead atoms. The molecule has 1 atom stereocenters. The van der Waals surface area contributed by atoms with Crippen LogP contribution in [-0.4, -0.2) is 33.0 Å². The third-order valence-corrected chi connectivity index (χ3v) is 3.36. The van der Waals surface area contributed by atoms with Crippen LogP contribution in [0.3, 0.4) is 0 Å². The van der Waals surface area contributed by atoms with E-state index in [2.05, 4.69) is 0 Å². The number of ether oxygens (including phenoxy) is 3. The van der Waals surface area contributed by atoms with Crippen LogP contribution in [0.25, 0.3) is 0 Å². The first-order valence-electron chi connectivity index (χ1n) is 6.40. The number of hydrogen-bond donors (Lipinski definition) is 1. The zero-order valence-electron chi connectivity index (χ0n) is 10.8. The lowest BCUT2D eigenvalue weighted by atomic mass is 9.93. The third kappa shape index (κ3) is 3.62. The van der Waals surface area contributed by atoms with Gasteiger partial charge in [0.1, 0.15) is 18.1 Å². The van der Waals surface area contributed by atoms with Gasteiger partial charge in [0.05, 0.1) is 7.11 Å². The second-order valence-electron chi connectivity index (χ2n) is 4.60. The first kappa shape index (κ1) is 13.2. The van der Waals surface area contributed by atoms with E-state index in [1.54, 1.807) is 7.11 Å². The molecule has 0 aliphatic carbocycles. The van der Waals surface area contributed by atoms with Gasteiger partial charge < -0.3 is 19.9 Å². The van der Waals surface area contributed by atoms with Gasteiger partial charge >= 0.3 is 0 Å². The average molecular weight is 251 g/mol. The third-order valence-electron chi connectivity index (χ3n) is 3.36. The van der Waals surface area contributed by atoms with Crippen LogP contribution in [0.4, 0.5) is 0 Å². The highest BCUT2D eigenvalue weighted by atomic mass is 16.5. The van der Waals surface area contributed by atoms with E-state index < -0.39 is 0 Å². The van der Waals surface area contributed by atoms with Crippen molar-refractivity contribution in [3.05, 3.63) is 24.3 Å². The van der Waals surface area contributed by atoms with Crippen molar-refractivity contribution in [2.24, 2.45) is 11.7 Å². The minimum Gasteiger partial charge on any atom is -0.497 e. The summed E-state index contributed by atoms with van der Waals surface area (Å²) in [7, 11) is 1.65. The molecule has 2 N–H and O–H groups in total. The Morgan fingerprint density at radius 1 is 1.33 bits per heavy atom. The first-order chi connectivity index (χ1) is 8.79. The molecule has 0 amide bonds. The fourth-order valence-corrected chi connectivity index (χ4v) is 2.16. The topological polar surface area (TPSA) is 53.7 Å². The summed E-state index contributed by atoms with van der Waals surface area (Å²) >= 11 is 0. The zero-order valence-corrected chi connectivity index (χ0v) is 10.8. The molecule has 18 heavy (non-hydrogen) atoms. The van der Waals surface area contributed by atoms with E-state index >= 15 is 0 Å². The van der Waals surface area contributed by atoms with Gasteiger partial charge in [0.15, 0.2) is 0 Å². The Bertz CT molecular complexity index is 364. The average Bonchev–Trinajstić information content (AvgIpc) is 2.46. The molecule has 4 heteroatoms. The predicted octanol–water partition coefficient (Wildman–Crippen LogP) is 1.83. The molecule has 1 heterocycles. The fourth-order valence-electron chi connectivity index (χ4n) is 2.16. The van der Waals surface area contributed by atoms with Crippen molar-refractivity contribution in [3.8, 4) is 11.5 Å². The van der Waals surface area contributed by atoms with Crippen LogP contribution < -0.4 is 15.2 Å². The quantitative estimate of drug-likeness (QED) is 0.867. The number of nitrogens with two attached hydrogens (primary N) is 1. The monoisotopic (exact) mass is 251 g/mol. The van der Waals surface area contributed by atoms with E-state index in [9.17, 15) is 0 Å². The first-order valence-corrected chi connectivity index (χ1v) is 6.40. The fraction of sp³-hybridized carbons (Fsp3) is 0.571. The molecule has 4 nitrogen and oxygen atoms in total. The highest BCUT2D eigenvalue weighted by Gasteiger charge is 2.21. The minimum atomic E-state index is 0.0695. The van der Waals surface area contributed by atoms with Gasteiger partial charge in [-0.25, -0.2) is 0 Å². The maximum absolute atomic E-state index is 6.16. The van der Waals surface area contributed by atoms with Crippen molar-refractivity contribution in [1.82, 2.24) is 0 Å². The summed E-state index contributed by atoms with van der Waals surface area (Å²) in [5.41, 5.74) is 6.16. The van der Waals surface area contributed by atoms with Gasteiger partial charge in [-0.3, -0.25) is 0 Å². The van der Waals surface area contributed by atoms with Gasteiger partial charge in [0, 0.05) is 25.3 Å². The Morgan fingerprint density at radius 2 is 2.06 bits per heavy atom. The molecule has 1 saturated heterocycles. The van der Waals surface area contributed by atoms with E-state index in [4.69, 9.17) is 19.9 Å². The molecule has 1 unspecified atom stereocenters. The van der Waals surface area contributed by atoms with Crippen molar-refractivity contribution >= 4 is 0 Å². The van der Waals surface area contributed by atoms with Crippen molar-refractivity contribution in [3.63, 3.8) is 0 Å². The summed E-state index contributed by atoms with van der Waals surface area (Å²) in [5, 5.41) is 0. The second kappa shape index (κ2) is 6.61. The van der Waals surface area contributed by atoms with Gasteiger partial charge in [-0.2, -0.15) is 0 Å². The van der Waals surface area contributed by atoms with Crippen LogP contribution in [0.15, 0.2) is 24.3 Å². The summed E-state index contributed by atoms with van der Waals surface area (Å²) in [5.74, 6) is 2.10. The lowest BCUT2D eigenvalue weighted by molar-refractivity contribution is 0.0521. The van der Waals surface area contributed by atoms with Crippen molar-refractivity contribution in [1.29, 1.82) is 0 Å². The molecule has 1 aliphatic rings. The molecule has 100 valence electrons. The van der Waals surface area contributed by atoms with Gasteiger partial charge in [-0.1, -0.05) is 6.07 Å². The molecule has 1 fully saturated rings. The highest BCUT2D eigenvalue weighted by molar-refractivity contribution is 5.32. The largest absolute Gasteiger partial charge is 0.497 e. The number of benzene rings is 1. The Balaban J connectivity index is 1.82. The molecule has 2 rings (SSSR count). The van der Waals surface area contributed by atoms with E-state index in [0.717, 1.165) is 37.6 Å². The predicted molar refractivity (Wildman–Crippen MR) is 70.0 cm³/mol. The molecule has 1 aromatic carbocycles. The minimum absolute atomic E-state index is 0.0695. The second-order valence-corrected chi connectivity index (χ2v) is 4.60. The number of methoxy groups -OCH3 is 1.